The van der Waals surface area contributed by atoms with Gasteiger partial charge in [0.25, 0.3) is 0 Å². The molecule has 2 N–H and O–H groups in total. The molecule has 1 aliphatic rings. The van der Waals surface area contributed by atoms with Gasteiger partial charge in [-0.1, -0.05) is 17.7 Å². The van der Waals surface area contributed by atoms with Crippen LogP contribution in [0.15, 0.2) is 41.5 Å². The standard InChI is InChI=1S/C23H33ClN6O.HI/c1-4-25-23(27-10-8-19-5-6-20(31-3)16-21(19)24)28-17-18-7-9-26-22(15-18)30-13-11-29(2)12-14-30;/h5-7,9,15-16H,4,8,10-14,17H2,1-3H3,(H2,25,27,28);1H. The summed E-state index contributed by atoms with van der Waals surface area (Å²) in [6, 6.07) is 9.96. The quantitative estimate of drug-likeness (QED) is 0.287. The number of rotatable bonds is 8. The molecular weight excluding hydrogens is 539 g/mol. The second-order valence-electron chi connectivity index (χ2n) is 7.64. The van der Waals surface area contributed by atoms with E-state index in [1.54, 1.807) is 7.11 Å². The predicted octanol–water partition coefficient (Wildman–Crippen LogP) is 3.41. The molecule has 1 saturated heterocycles. The highest BCUT2D eigenvalue weighted by Gasteiger charge is 2.15. The summed E-state index contributed by atoms with van der Waals surface area (Å²) in [6.45, 7) is 8.35. The van der Waals surface area contributed by atoms with Crippen LogP contribution < -0.4 is 20.3 Å². The summed E-state index contributed by atoms with van der Waals surface area (Å²) in [6.07, 6.45) is 2.68. The fourth-order valence-electron chi connectivity index (χ4n) is 3.45. The van der Waals surface area contributed by atoms with Gasteiger partial charge in [0.2, 0.25) is 0 Å². The van der Waals surface area contributed by atoms with Gasteiger partial charge in [-0.05, 0) is 55.8 Å². The number of ether oxygens (including phenoxy) is 1. The van der Waals surface area contributed by atoms with Crippen molar-refractivity contribution in [2.24, 2.45) is 4.99 Å². The van der Waals surface area contributed by atoms with E-state index < -0.39 is 0 Å². The van der Waals surface area contributed by atoms with Gasteiger partial charge in [-0.3, -0.25) is 0 Å². The molecule has 32 heavy (non-hydrogen) atoms. The summed E-state index contributed by atoms with van der Waals surface area (Å²) < 4.78 is 5.21. The number of methoxy groups -OCH3 is 1. The van der Waals surface area contributed by atoms with E-state index >= 15 is 0 Å². The molecule has 176 valence electrons. The van der Waals surface area contributed by atoms with Gasteiger partial charge in [-0.2, -0.15) is 0 Å². The number of anilines is 1. The van der Waals surface area contributed by atoms with Crippen molar-refractivity contribution in [2.45, 2.75) is 19.9 Å². The molecule has 2 heterocycles. The summed E-state index contributed by atoms with van der Waals surface area (Å²) in [5.41, 5.74) is 2.23. The maximum absolute atomic E-state index is 6.35. The van der Waals surface area contributed by atoms with Crippen LogP contribution in [0.5, 0.6) is 5.75 Å². The number of nitrogens with one attached hydrogen (secondary N) is 2. The number of likely N-dealkylation sites (N-methyl/N-ethyl adjacent to an activating group) is 1. The van der Waals surface area contributed by atoms with E-state index in [0.717, 1.165) is 79.4 Å². The monoisotopic (exact) mass is 572 g/mol. The number of nitrogens with zero attached hydrogens (tertiary/aromatic N) is 4. The molecule has 7 nitrogen and oxygen atoms in total. The summed E-state index contributed by atoms with van der Waals surface area (Å²) in [4.78, 5) is 14.0. The Balaban J connectivity index is 0.00000363. The van der Waals surface area contributed by atoms with E-state index in [4.69, 9.17) is 21.3 Å². The minimum atomic E-state index is 0. The Hall–Kier alpha value is -1.78. The van der Waals surface area contributed by atoms with E-state index in [9.17, 15) is 0 Å². The van der Waals surface area contributed by atoms with Gasteiger partial charge in [-0.15, -0.1) is 24.0 Å². The lowest BCUT2D eigenvalue weighted by atomic mass is 10.1. The van der Waals surface area contributed by atoms with Crippen LogP contribution in [-0.4, -0.2) is 69.3 Å². The Labute approximate surface area is 213 Å². The zero-order valence-corrected chi connectivity index (χ0v) is 22.2. The van der Waals surface area contributed by atoms with Crippen molar-refractivity contribution in [1.29, 1.82) is 0 Å². The Morgan fingerprint density at radius 2 is 1.94 bits per heavy atom. The van der Waals surface area contributed by atoms with Crippen LogP contribution in [0.2, 0.25) is 5.02 Å². The first-order chi connectivity index (χ1) is 15.1. The molecule has 0 amide bonds. The minimum absolute atomic E-state index is 0. The number of pyridine rings is 1. The molecule has 0 saturated carbocycles. The molecule has 0 aliphatic carbocycles. The highest BCUT2D eigenvalue weighted by atomic mass is 127. The van der Waals surface area contributed by atoms with Crippen LogP contribution >= 0.6 is 35.6 Å². The molecule has 0 atom stereocenters. The second kappa shape index (κ2) is 13.7. The lowest BCUT2D eigenvalue weighted by Gasteiger charge is -2.33. The number of aromatic nitrogens is 1. The zero-order chi connectivity index (χ0) is 22.1. The molecule has 2 aromatic rings. The number of hydrogen-bond acceptors (Lipinski definition) is 5. The number of hydrogen-bond donors (Lipinski definition) is 2. The molecular formula is C23H34ClIN6O. The number of piperazine rings is 1. The Kier molecular flexibility index (Phi) is 11.3. The van der Waals surface area contributed by atoms with Crippen molar-refractivity contribution in [3.63, 3.8) is 0 Å². The van der Waals surface area contributed by atoms with Gasteiger partial charge >= 0.3 is 0 Å². The van der Waals surface area contributed by atoms with Gasteiger partial charge < -0.3 is 25.2 Å². The van der Waals surface area contributed by atoms with E-state index in [1.165, 1.54) is 0 Å². The molecule has 1 aromatic carbocycles. The van der Waals surface area contributed by atoms with E-state index in [-0.39, 0.29) is 24.0 Å². The van der Waals surface area contributed by atoms with Gasteiger partial charge in [0.1, 0.15) is 11.6 Å². The first-order valence-corrected chi connectivity index (χ1v) is 11.2. The van der Waals surface area contributed by atoms with E-state index in [2.05, 4.69) is 45.5 Å². The largest absolute Gasteiger partial charge is 0.497 e. The summed E-state index contributed by atoms with van der Waals surface area (Å²) in [7, 11) is 3.80. The molecule has 1 fully saturated rings. The predicted molar refractivity (Wildman–Crippen MR) is 144 cm³/mol. The maximum Gasteiger partial charge on any atom is 0.191 e. The van der Waals surface area contributed by atoms with Crippen molar-refractivity contribution in [3.8, 4) is 5.75 Å². The van der Waals surface area contributed by atoms with E-state index in [0.29, 0.717) is 6.54 Å². The van der Waals surface area contributed by atoms with Crippen LogP contribution in [0.1, 0.15) is 18.1 Å². The molecule has 3 rings (SSSR count). The summed E-state index contributed by atoms with van der Waals surface area (Å²) in [5, 5.41) is 7.42. The Morgan fingerprint density at radius 1 is 1.16 bits per heavy atom. The van der Waals surface area contributed by atoms with Crippen molar-refractivity contribution in [3.05, 3.63) is 52.7 Å². The molecule has 0 bridgehead atoms. The SMILES string of the molecule is CCNC(=NCc1ccnc(N2CCN(C)CC2)c1)NCCc1ccc(OC)cc1Cl.I. The highest BCUT2D eigenvalue weighted by Crippen LogP contribution is 2.22. The normalized spacial score (nSPS) is 14.6. The van der Waals surface area contributed by atoms with Gasteiger partial charge in [0.05, 0.1) is 13.7 Å². The Bertz CT molecular complexity index is 873. The first-order valence-electron chi connectivity index (χ1n) is 10.8. The average Bonchev–Trinajstić information content (AvgIpc) is 2.79. The molecule has 1 aliphatic heterocycles. The van der Waals surface area contributed by atoms with Crippen LogP contribution in [-0.2, 0) is 13.0 Å². The van der Waals surface area contributed by atoms with Gasteiger partial charge in [0.15, 0.2) is 5.96 Å². The fourth-order valence-corrected chi connectivity index (χ4v) is 3.72. The smallest absolute Gasteiger partial charge is 0.191 e. The molecule has 0 radical (unpaired) electrons. The minimum Gasteiger partial charge on any atom is -0.497 e. The van der Waals surface area contributed by atoms with Crippen molar-refractivity contribution < 1.29 is 4.74 Å². The zero-order valence-electron chi connectivity index (χ0n) is 19.1. The molecule has 0 spiro atoms. The van der Waals surface area contributed by atoms with Crippen molar-refractivity contribution in [1.82, 2.24) is 20.5 Å². The highest BCUT2D eigenvalue weighted by molar-refractivity contribution is 14.0. The molecule has 0 unspecified atom stereocenters. The first kappa shape index (κ1) is 26.5. The summed E-state index contributed by atoms with van der Waals surface area (Å²) >= 11 is 6.35. The van der Waals surface area contributed by atoms with Crippen molar-refractivity contribution in [2.75, 3.05) is 58.3 Å². The molecule has 9 heteroatoms. The number of halogens is 2. The maximum atomic E-state index is 6.35. The fraction of sp³-hybridized carbons (Fsp3) is 0.478. The lowest BCUT2D eigenvalue weighted by Crippen LogP contribution is -2.44. The van der Waals surface area contributed by atoms with Crippen molar-refractivity contribution >= 4 is 47.4 Å². The van der Waals surface area contributed by atoms with Crippen LogP contribution in [0, 0.1) is 0 Å². The lowest BCUT2D eigenvalue weighted by molar-refractivity contribution is 0.312. The van der Waals surface area contributed by atoms with Crippen LogP contribution in [0.25, 0.3) is 0 Å². The van der Waals surface area contributed by atoms with E-state index in [1.807, 2.05) is 30.5 Å². The third-order valence-corrected chi connectivity index (χ3v) is 5.70. The van der Waals surface area contributed by atoms with Crippen LogP contribution in [0.4, 0.5) is 5.82 Å². The number of aliphatic imine (C=N–C) groups is 1. The summed E-state index contributed by atoms with van der Waals surface area (Å²) in [5.74, 6) is 2.60. The average molecular weight is 573 g/mol. The van der Waals surface area contributed by atoms with Gasteiger partial charge in [0, 0.05) is 50.5 Å². The van der Waals surface area contributed by atoms with Gasteiger partial charge in [-0.25, -0.2) is 9.98 Å². The van der Waals surface area contributed by atoms with Crippen LogP contribution in [0.3, 0.4) is 0 Å². The Morgan fingerprint density at radius 3 is 2.62 bits per heavy atom. The molecule has 1 aromatic heterocycles. The topological polar surface area (TPSA) is 65.0 Å². The number of benzene rings is 1. The number of guanidine groups is 1. The third-order valence-electron chi connectivity index (χ3n) is 5.35. The third kappa shape index (κ3) is 7.97. The second-order valence-corrected chi connectivity index (χ2v) is 8.05.